The van der Waals surface area contributed by atoms with Crippen LogP contribution >= 0.6 is 0 Å². The summed E-state index contributed by atoms with van der Waals surface area (Å²) in [4.78, 5) is 63.0. The lowest BCUT2D eigenvalue weighted by Gasteiger charge is -2.33. The number of pyridine rings is 1. The van der Waals surface area contributed by atoms with Crippen molar-refractivity contribution in [1.82, 2.24) is 25.2 Å². The third-order valence-electron chi connectivity index (χ3n) is 12.1. The molecule has 54 heavy (non-hydrogen) atoms. The van der Waals surface area contributed by atoms with Crippen LogP contribution in [0, 0.1) is 17.8 Å². The van der Waals surface area contributed by atoms with Crippen LogP contribution in [0.4, 0.5) is 10.5 Å². The molecule has 2 aliphatic carbocycles. The average Bonchev–Trinajstić information content (AvgIpc) is 4.01. The van der Waals surface area contributed by atoms with Gasteiger partial charge in [0, 0.05) is 36.4 Å². The van der Waals surface area contributed by atoms with Crippen LogP contribution in [0.2, 0.25) is 0 Å². The number of nitrogens with zero attached hydrogens (tertiary/aromatic N) is 3. The van der Waals surface area contributed by atoms with Crippen molar-refractivity contribution in [2.75, 3.05) is 31.6 Å². The van der Waals surface area contributed by atoms with E-state index < -0.39 is 68.2 Å². The van der Waals surface area contributed by atoms with Crippen molar-refractivity contribution >= 4 is 50.3 Å². The van der Waals surface area contributed by atoms with Gasteiger partial charge in [-0.15, -0.1) is 0 Å². The third kappa shape index (κ3) is 7.04. The number of allylic oxidation sites excluding steroid dienone is 1. The molecule has 292 valence electrons. The number of amides is 4. The monoisotopic (exact) mass is 766 g/mol. The van der Waals surface area contributed by atoms with Crippen LogP contribution in [0.1, 0.15) is 72.1 Å². The number of rotatable bonds is 7. The van der Waals surface area contributed by atoms with Gasteiger partial charge >= 0.3 is 6.09 Å². The molecular weight excluding hydrogens is 717 g/mol. The summed E-state index contributed by atoms with van der Waals surface area (Å²) in [6.07, 6.45) is 6.88. The van der Waals surface area contributed by atoms with Gasteiger partial charge in [0.05, 0.1) is 23.5 Å². The number of hydrogen-bond donors (Lipinski definition) is 4. The Bertz CT molecular complexity index is 1990. The van der Waals surface area contributed by atoms with E-state index in [9.17, 15) is 32.7 Å². The highest BCUT2D eigenvalue weighted by Crippen LogP contribution is 2.48. The van der Waals surface area contributed by atoms with Gasteiger partial charge in [0.15, 0.2) is 5.75 Å². The molecule has 15 nitrogen and oxygen atoms in total. The van der Waals surface area contributed by atoms with Crippen LogP contribution in [-0.4, -0.2) is 102 Å². The number of benzene rings is 1. The SMILES string of the molecule is CC[C@@H]1C[C@@H](C)CC/C=C\[C@@H]2C[C@@]2(C(=O)NS(=O)(=O)C2(C)CC2)NC(=O)[C@@H]2C[C@@H](Oc3nccc4c5c(ccc34)N(C)CCO5)CN2C(=O)[C@H]1NC(=O)O. The van der Waals surface area contributed by atoms with Crippen molar-refractivity contribution in [2.24, 2.45) is 17.8 Å². The molecule has 0 bridgehead atoms. The minimum atomic E-state index is -4.00. The molecule has 3 aliphatic heterocycles. The van der Waals surface area contributed by atoms with Gasteiger partial charge < -0.3 is 35.0 Å². The Hall–Kier alpha value is -4.60. The molecule has 7 atom stereocenters. The molecule has 2 aromatic rings. The predicted octanol–water partition coefficient (Wildman–Crippen LogP) is 3.32. The van der Waals surface area contributed by atoms with E-state index in [1.807, 2.05) is 44.3 Å². The fourth-order valence-electron chi connectivity index (χ4n) is 8.25. The van der Waals surface area contributed by atoms with Crippen molar-refractivity contribution in [3.63, 3.8) is 0 Å². The van der Waals surface area contributed by atoms with Gasteiger partial charge in [-0.3, -0.25) is 19.1 Å². The first-order valence-corrected chi connectivity index (χ1v) is 20.4. The van der Waals surface area contributed by atoms with Gasteiger partial charge in [0.25, 0.3) is 5.91 Å². The molecule has 7 rings (SSSR count). The highest BCUT2D eigenvalue weighted by molar-refractivity contribution is 7.91. The Balaban J connectivity index is 1.23. The number of carboxylic acid groups (broad SMARTS) is 1. The summed E-state index contributed by atoms with van der Waals surface area (Å²) in [5.41, 5.74) is -0.610. The van der Waals surface area contributed by atoms with E-state index in [1.54, 1.807) is 13.1 Å². The summed E-state index contributed by atoms with van der Waals surface area (Å²) >= 11 is 0. The predicted molar refractivity (Wildman–Crippen MR) is 200 cm³/mol. The Kier molecular flexibility index (Phi) is 9.94. The molecule has 0 spiro atoms. The van der Waals surface area contributed by atoms with Crippen molar-refractivity contribution in [2.45, 2.75) is 101 Å². The number of carbonyl (C=O) groups excluding carboxylic acids is 3. The quantitative estimate of drug-likeness (QED) is 0.302. The van der Waals surface area contributed by atoms with Crippen LogP contribution in [-0.2, 0) is 24.4 Å². The standard InChI is InChI=1S/C38H50N6O9S/c1-5-23-18-22(2)8-6-7-9-24-20-38(24,35(47)42-54(50,51)37(3)13-14-37)41-32(45)29-19-25(21-44(29)34(46)30(23)40-36(48)49)53-33-27-10-11-28-31(26(27)12-15-39-33)52-17-16-43(28)4/h7,9-12,15,22-25,29-30,40H,5-6,8,13-14,16-21H2,1-4H3,(H,41,45)(H,42,47)(H,48,49)/b9-7-/t22-,23+,24+,25+,29-,30-,38+/m0/s1. The third-order valence-corrected chi connectivity index (χ3v) is 14.2. The molecule has 16 heteroatoms. The molecule has 3 fully saturated rings. The first-order valence-electron chi connectivity index (χ1n) is 18.9. The molecular formula is C38H50N6O9S. The molecule has 1 saturated heterocycles. The van der Waals surface area contributed by atoms with Gasteiger partial charge in [-0.1, -0.05) is 32.4 Å². The number of aromatic nitrogens is 1. The van der Waals surface area contributed by atoms with E-state index in [0.717, 1.165) is 24.0 Å². The first kappa shape index (κ1) is 37.7. The fraction of sp³-hybridized carbons (Fsp3) is 0.605. The van der Waals surface area contributed by atoms with E-state index in [-0.39, 0.29) is 37.1 Å². The maximum absolute atomic E-state index is 14.6. The molecule has 4 N–H and O–H groups in total. The molecule has 1 aromatic carbocycles. The van der Waals surface area contributed by atoms with E-state index in [1.165, 1.54) is 4.90 Å². The summed E-state index contributed by atoms with van der Waals surface area (Å²) in [6, 6.07) is 3.37. The van der Waals surface area contributed by atoms with Crippen molar-refractivity contribution in [3.05, 3.63) is 36.5 Å². The highest BCUT2D eigenvalue weighted by Gasteiger charge is 2.63. The van der Waals surface area contributed by atoms with Crippen LogP contribution < -0.4 is 29.7 Å². The van der Waals surface area contributed by atoms with E-state index in [2.05, 4.69) is 32.2 Å². The molecule has 4 heterocycles. The van der Waals surface area contributed by atoms with E-state index >= 15 is 0 Å². The average molecular weight is 767 g/mol. The minimum Gasteiger partial charge on any atom is -0.489 e. The minimum absolute atomic E-state index is 0.0153. The zero-order valence-corrected chi connectivity index (χ0v) is 32.0. The number of anilines is 1. The van der Waals surface area contributed by atoms with Crippen LogP contribution in [0.15, 0.2) is 36.5 Å². The summed E-state index contributed by atoms with van der Waals surface area (Å²) in [5.74, 6) is -1.73. The van der Waals surface area contributed by atoms with Gasteiger partial charge in [-0.05, 0) is 75.5 Å². The number of likely N-dealkylation sites (N-methyl/N-ethyl adjacent to an activating group) is 1. The van der Waals surface area contributed by atoms with E-state index in [4.69, 9.17) is 9.47 Å². The zero-order valence-electron chi connectivity index (χ0n) is 31.2. The lowest BCUT2D eigenvalue weighted by Crippen LogP contribution is -2.59. The number of sulfonamides is 1. The van der Waals surface area contributed by atoms with Crippen LogP contribution in [0.5, 0.6) is 11.6 Å². The summed E-state index contributed by atoms with van der Waals surface area (Å²) in [6.45, 7) is 6.75. The smallest absolute Gasteiger partial charge is 0.405 e. The zero-order chi connectivity index (χ0) is 38.6. The normalized spacial score (nSPS) is 31.3. The van der Waals surface area contributed by atoms with Gasteiger partial charge in [0.2, 0.25) is 27.7 Å². The van der Waals surface area contributed by atoms with Crippen molar-refractivity contribution in [1.29, 1.82) is 0 Å². The maximum atomic E-state index is 14.6. The lowest BCUT2D eigenvalue weighted by molar-refractivity contribution is -0.142. The second kappa shape index (κ2) is 14.2. The van der Waals surface area contributed by atoms with E-state index in [0.29, 0.717) is 49.8 Å². The molecule has 1 aromatic heterocycles. The van der Waals surface area contributed by atoms with Gasteiger partial charge in [-0.25, -0.2) is 18.2 Å². The molecule has 5 aliphatic rings. The molecule has 2 saturated carbocycles. The summed E-state index contributed by atoms with van der Waals surface area (Å²) < 4.78 is 40.1. The second-order valence-electron chi connectivity index (χ2n) is 16.0. The Morgan fingerprint density at radius 3 is 2.67 bits per heavy atom. The number of ether oxygens (including phenoxy) is 2. The number of fused-ring (bicyclic) bond motifs is 5. The lowest BCUT2D eigenvalue weighted by atomic mass is 9.85. The fourth-order valence-corrected chi connectivity index (χ4v) is 9.56. The number of hydrogen-bond acceptors (Lipinski definition) is 10. The summed E-state index contributed by atoms with van der Waals surface area (Å²) in [5, 5.41) is 16.7. The number of nitrogens with one attached hydrogen (secondary N) is 3. The Morgan fingerprint density at radius 2 is 1.94 bits per heavy atom. The van der Waals surface area contributed by atoms with Gasteiger partial charge in [-0.2, -0.15) is 0 Å². The summed E-state index contributed by atoms with van der Waals surface area (Å²) in [7, 11) is -2.01. The van der Waals surface area contributed by atoms with Crippen molar-refractivity contribution in [3.8, 4) is 11.6 Å². The van der Waals surface area contributed by atoms with Crippen LogP contribution in [0.25, 0.3) is 10.8 Å². The van der Waals surface area contributed by atoms with Gasteiger partial charge in [0.1, 0.15) is 30.3 Å². The first-order chi connectivity index (χ1) is 25.7. The largest absolute Gasteiger partial charge is 0.489 e. The topological polar surface area (TPSA) is 197 Å². The second-order valence-corrected chi connectivity index (χ2v) is 18.2. The highest BCUT2D eigenvalue weighted by atomic mass is 32.2. The Morgan fingerprint density at radius 1 is 1.17 bits per heavy atom. The molecule has 0 radical (unpaired) electrons. The molecule has 4 amide bonds. The maximum Gasteiger partial charge on any atom is 0.405 e. The van der Waals surface area contributed by atoms with Crippen LogP contribution in [0.3, 0.4) is 0 Å². The van der Waals surface area contributed by atoms with Crippen molar-refractivity contribution < 1.29 is 42.2 Å². The molecule has 0 unspecified atom stereocenters. The Labute approximate surface area is 315 Å². The number of carbonyl (C=O) groups is 4.